The van der Waals surface area contributed by atoms with Crippen molar-refractivity contribution in [1.82, 2.24) is 25.0 Å². The predicted molar refractivity (Wildman–Crippen MR) is 78.2 cm³/mol. The third-order valence-electron chi connectivity index (χ3n) is 3.76. The fourth-order valence-electron chi connectivity index (χ4n) is 2.41. The van der Waals surface area contributed by atoms with Crippen molar-refractivity contribution in [2.45, 2.75) is 37.8 Å². The third kappa shape index (κ3) is 3.69. The van der Waals surface area contributed by atoms with Crippen LogP contribution in [0.15, 0.2) is 11.2 Å². The first kappa shape index (κ1) is 17.4. The Balaban J connectivity index is 0.00000200. The number of piperidine rings is 1. The first-order valence-electron chi connectivity index (χ1n) is 6.41. The molecule has 1 aromatic heterocycles. The number of nitrogens with one attached hydrogen (secondary N) is 2. The van der Waals surface area contributed by atoms with Crippen LogP contribution in [0.5, 0.6) is 0 Å². The van der Waals surface area contributed by atoms with Crippen LogP contribution < -0.4 is 10.0 Å². The number of hydrogen-bond donors (Lipinski definition) is 2. The minimum Gasteiger partial charge on any atom is -0.312 e. The molecule has 1 atom stereocenters. The summed E-state index contributed by atoms with van der Waals surface area (Å²) in [4.78, 5) is 0. The number of hydrogen-bond acceptors (Lipinski definition) is 5. The SMILES string of the molecule is Cl.Cn1nncc1S(=O)(=O)NCC1NCCCC1(C)C. The van der Waals surface area contributed by atoms with Crippen LogP contribution in [-0.2, 0) is 17.1 Å². The van der Waals surface area contributed by atoms with Gasteiger partial charge in [-0.05, 0) is 24.8 Å². The van der Waals surface area contributed by atoms with Gasteiger partial charge in [-0.2, -0.15) is 0 Å². The van der Waals surface area contributed by atoms with Crippen molar-refractivity contribution < 1.29 is 8.42 Å². The van der Waals surface area contributed by atoms with Gasteiger partial charge in [0.05, 0.1) is 6.20 Å². The lowest BCUT2D eigenvalue weighted by Crippen LogP contribution is -2.52. The summed E-state index contributed by atoms with van der Waals surface area (Å²) in [5, 5.41) is 10.7. The standard InChI is InChI=1S/C11H21N5O2S.ClH/c1-11(2)5-4-6-12-9(11)7-14-19(17,18)10-8-13-15-16(10)3;/h8-9,12,14H,4-7H2,1-3H3;1H. The number of sulfonamides is 1. The summed E-state index contributed by atoms with van der Waals surface area (Å²) in [7, 11) is -1.99. The van der Waals surface area contributed by atoms with Crippen LogP contribution in [0, 0.1) is 5.41 Å². The van der Waals surface area contributed by atoms with E-state index in [1.165, 1.54) is 10.9 Å². The average Bonchev–Trinajstić information content (AvgIpc) is 2.74. The van der Waals surface area contributed by atoms with Gasteiger partial charge in [0.2, 0.25) is 0 Å². The molecule has 20 heavy (non-hydrogen) atoms. The molecule has 0 amide bonds. The molecule has 2 N–H and O–H groups in total. The second-order valence-electron chi connectivity index (χ2n) is 5.65. The molecule has 2 heterocycles. The largest absolute Gasteiger partial charge is 0.312 e. The second-order valence-corrected chi connectivity index (χ2v) is 7.36. The number of aryl methyl sites for hydroxylation is 1. The van der Waals surface area contributed by atoms with Crippen molar-refractivity contribution in [2.75, 3.05) is 13.1 Å². The maximum absolute atomic E-state index is 12.1. The molecule has 0 radical (unpaired) electrons. The Hall–Kier alpha value is -0.700. The molecule has 1 aliphatic heterocycles. The lowest BCUT2D eigenvalue weighted by atomic mass is 9.78. The second kappa shape index (κ2) is 6.38. The van der Waals surface area contributed by atoms with Crippen molar-refractivity contribution in [1.29, 1.82) is 0 Å². The minimum atomic E-state index is -3.55. The molecule has 1 unspecified atom stereocenters. The van der Waals surface area contributed by atoms with Crippen LogP contribution in [0.2, 0.25) is 0 Å². The summed E-state index contributed by atoms with van der Waals surface area (Å²) in [6.45, 7) is 5.62. The number of nitrogens with zero attached hydrogens (tertiary/aromatic N) is 3. The summed E-state index contributed by atoms with van der Waals surface area (Å²) in [6, 6.07) is 0.136. The summed E-state index contributed by atoms with van der Waals surface area (Å²) < 4.78 is 28.1. The van der Waals surface area contributed by atoms with Crippen LogP contribution in [0.4, 0.5) is 0 Å². The maximum atomic E-state index is 12.1. The Bertz CT molecular complexity index is 543. The smallest absolute Gasteiger partial charge is 0.259 e. The first-order chi connectivity index (χ1) is 8.83. The summed E-state index contributed by atoms with van der Waals surface area (Å²) in [5.74, 6) is 0. The van der Waals surface area contributed by atoms with Crippen molar-refractivity contribution in [3.05, 3.63) is 6.20 Å². The Morgan fingerprint density at radius 1 is 1.55 bits per heavy atom. The zero-order valence-electron chi connectivity index (χ0n) is 12.0. The van der Waals surface area contributed by atoms with Gasteiger partial charge in [0.1, 0.15) is 0 Å². The van der Waals surface area contributed by atoms with Gasteiger partial charge < -0.3 is 5.32 Å². The molecule has 1 saturated heterocycles. The van der Waals surface area contributed by atoms with Gasteiger partial charge in [0, 0.05) is 19.6 Å². The Morgan fingerprint density at radius 2 is 2.25 bits per heavy atom. The zero-order valence-corrected chi connectivity index (χ0v) is 13.6. The quantitative estimate of drug-likeness (QED) is 0.831. The molecule has 0 aliphatic carbocycles. The highest BCUT2D eigenvalue weighted by molar-refractivity contribution is 7.89. The Morgan fingerprint density at radius 3 is 2.80 bits per heavy atom. The predicted octanol–water partition coefficient (Wildman–Crippen LogP) is 0.293. The molecule has 0 spiro atoms. The fourth-order valence-corrected chi connectivity index (χ4v) is 3.51. The fraction of sp³-hybridized carbons (Fsp3) is 0.818. The van der Waals surface area contributed by atoms with E-state index in [2.05, 4.69) is 34.2 Å². The summed E-state index contributed by atoms with van der Waals surface area (Å²) in [5.41, 5.74) is 0.0888. The highest BCUT2D eigenvalue weighted by atomic mass is 35.5. The third-order valence-corrected chi connectivity index (χ3v) is 5.22. The van der Waals surface area contributed by atoms with Gasteiger partial charge in [-0.1, -0.05) is 19.1 Å². The van der Waals surface area contributed by atoms with Crippen LogP contribution in [-0.4, -0.2) is 42.5 Å². The van der Waals surface area contributed by atoms with Gasteiger partial charge in [-0.25, -0.2) is 17.8 Å². The van der Waals surface area contributed by atoms with Crippen molar-refractivity contribution in [3.8, 4) is 0 Å². The zero-order chi connectivity index (χ0) is 14.1. The van der Waals surface area contributed by atoms with E-state index in [0.29, 0.717) is 6.54 Å². The van der Waals surface area contributed by atoms with Gasteiger partial charge in [0.15, 0.2) is 5.03 Å². The van der Waals surface area contributed by atoms with Crippen LogP contribution >= 0.6 is 12.4 Å². The normalized spacial score (nSPS) is 22.2. The number of halogens is 1. The Kier molecular flexibility index (Phi) is 5.54. The van der Waals surface area contributed by atoms with Crippen LogP contribution in [0.25, 0.3) is 0 Å². The molecular formula is C11H22ClN5O2S. The molecule has 9 heteroatoms. The van der Waals surface area contributed by atoms with E-state index in [1.807, 2.05) is 0 Å². The van der Waals surface area contributed by atoms with Gasteiger partial charge >= 0.3 is 0 Å². The molecule has 1 aliphatic rings. The van der Waals surface area contributed by atoms with Gasteiger partial charge in [-0.3, -0.25) is 0 Å². The number of aromatic nitrogens is 3. The monoisotopic (exact) mass is 323 g/mol. The summed E-state index contributed by atoms with van der Waals surface area (Å²) >= 11 is 0. The van der Waals surface area contributed by atoms with E-state index < -0.39 is 10.0 Å². The van der Waals surface area contributed by atoms with E-state index in [1.54, 1.807) is 7.05 Å². The minimum absolute atomic E-state index is 0. The Labute approximate surface area is 126 Å². The molecule has 1 aromatic rings. The van der Waals surface area contributed by atoms with Crippen LogP contribution in [0.1, 0.15) is 26.7 Å². The molecule has 0 aromatic carbocycles. The first-order valence-corrected chi connectivity index (χ1v) is 7.89. The van der Waals surface area contributed by atoms with Crippen molar-refractivity contribution in [2.24, 2.45) is 12.5 Å². The molecule has 7 nitrogen and oxygen atoms in total. The molecule has 1 fully saturated rings. The molecule has 2 rings (SSSR count). The highest BCUT2D eigenvalue weighted by Crippen LogP contribution is 2.29. The van der Waals surface area contributed by atoms with E-state index >= 15 is 0 Å². The lowest BCUT2D eigenvalue weighted by molar-refractivity contribution is 0.181. The van der Waals surface area contributed by atoms with Crippen molar-refractivity contribution >= 4 is 22.4 Å². The van der Waals surface area contributed by atoms with E-state index in [4.69, 9.17) is 0 Å². The highest BCUT2D eigenvalue weighted by Gasteiger charge is 2.33. The lowest BCUT2D eigenvalue weighted by Gasteiger charge is -2.39. The summed E-state index contributed by atoms with van der Waals surface area (Å²) in [6.07, 6.45) is 3.48. The van der Waals surface area contributed by atoms with Gasteiger partial charge in [-0.15, -0.1) is 17.5 Å². The maximum Gasteiger partial charge on any atom is 0.259 e. The molecule has 0 saturated carbocycles. The molecular weight excluding hydrogens is 302 g/mol. The van der Waals surface area contributed by atoms with Gasteiger partial charge in [0.25, 0.3) is 10.0 Å². The number of rotatable bonds is 4. The van der Waals surface area contributed by atoms with E-state index in [0.717, 1.165) is 19.4 Å². The van der Waals surface area contributed by atoms with E-state index in [9.17, 15) is 8.42 Å². The average molecular weight is 324 g/mol. The molecule has 116 valence electrons. The van der Waals surface area contributed by atoms with Crippen molar-refractivity contribution in [3.63, 3.8) is 0 Å². The van der Waals surface area contributed by atoms with E-state index in [-0.39, 0.29) is 28.9 Å². The van der Waals surface area contributed by atoms with Crippen LogP contribution in [0.3, 0.4) is 0 Å². The topological polar surface area (TPSA) is 88.9 Å². The molecule has 0 bridgehead atoms.